The van der Waals surface area contributed by atoms with Crippen LogP contribution in [0.1, 0.15) is 6.92 Å². The summed E-state index contributed by atoms with van der Waals surface area (Å²) in [5.74, 6) is 0.0846. The Kier molecular flexibility index (Phi) is 5.37. The maximum Gasteiger partial charge on any atom is 0.266 e. The number of methoxy groups -OCH3 is 1. The fraction of sp³-hybridized carbons (Fsp3) is 0.158. The number of nitrogens with zero attached hydrogens (tertiary/aromatic N) is 2. The number of nitrogens with two attached hydrogens (primary N) is 1. The van der Waals surface area contributed by atoms with Crippen molar-refractivity contribution in [3.8, 4) is 34.5 Å². The molecule has 2 aromatic carbocycles. The van der Waals surface area contributed by atoms with Crippen LogP contribution in [0.15, 0.2) is 48.5 Å². The Balaban J connectivity index is 2.09. The Bertz CT molecular complexity index is 950. The van der Waals surface area contributed by atoms with Gasteiger partial charge in [-0.05, 0) is 31.2 Å². The number of benzene rings is 2. The van der Waals surface area contributed by atoms with Crippen LogP contribution in [-0.2, 0) is 0 Å². The first-order valence-corrected chi connectivity index (χ1v) is 8.07. The first kappa shape index (κ1) is 18.4. The summed E-state index contributed by atoms with van der Waals surface area (Å²) in [6.45, 7) is 1.40. The molecule has 3 aromatic rings. The van der Waals surface area contributed by atoms with Crippen LogP contribution in [0.25, 0.3) is 11.4 Å². The molecule has 0 saturated carbocycles. The van der Waals surface area contributed by atoms with Crippen molar-refractivity contribution in [3.63, 3.8) is 0 Å². The largest absolute Gasteiger partial charge is 0.493 e. The Morgan fingerprint density at radius 2 is 1.70 bits per heavy atom. The third kappa shape index (κ3) is 4.06. The summed E-state index contributed by atoms with van der Waals surface area (Å²) >= 11 is 0. The van der Waals surface area contributed by atoms with E-state index in [2.05, 4.69) is 9.97 Å². The van der Waals surface area contributed by atoms with E-state index in [9.17, 15) is 9.50 Å². The van der Waals surface area contributed by atoms with Gasteiger partial charge in [-0.2, -0.15) is 4.98 Å². The van der Waals surface area contributed by atoms with Gasteiger partial charge in [0.2, 0.25) is 5.75 Å². The van der Waals surface area contributed by atoms with Gasteiger partial charge in [0.05, 0.1) is 12.7 Å². The molecule has 0 saturated heterocycles. The van der Waals surface area contributed by atoms with Crippen LogP contribution < -0.4 is 19.9 Å². The van der Waals surface area contributed by atoms with Crippen molar-refractivity contribution in [1.29, 1.82) is 0 Å². The molecule has 1 unspecified atom stereocenters. The number of para-hydroxylation sites is 2. The maximum atomic E-state index is 14.1. The van der Waals surface area contributed by atoms with Crippen molar-refractivity contribution in [2.24, 2.45) is 0 Å². The third-order valence-electron chi connectivity index (χ3n) is 3.54. The van der Waals surface area contributed by atoms with E-state index in [-0.39, 0.29) is 28.8 Å². The summed E-state index contributed by atoms with van der Waals surface area (Å²) in [6, 6.07) is 12.9. The van der Waals surface area contributed by atoms with Crippen molar-refractivity contribution in [2.75, 3.05) is 12.8 Å². The maximum absolute atomic E-state index is 14.1. The Labute approximate surface area is 155 Å². The zero-order chi connectivity index (χ0) is 19.4. The minimum absolute atomic E-state index is 0.00799. The van der Waals surface area contributed by atoms with E-state index < -0.39 is 12.1 Å². The highest BCUT2D eigenvalue weighted by Gasteiger charge is 2.21. The quantitative estimate of drug-likeness (QED) is 0.641. The second-order valence-corrected chi connectivity index (χ2v) is 5.52. The molecule has 0 fully saturated rings. The van der Waals surface area contributed by atoms with Crippen molar-refractivity contribution in [1.82, 2.24) is 9.97 Å². The van der Waals surface area contributed by atoms with Gasteiger partial charge in [0.15, 0.2) is 29.4 Å². The van der Waals surface area contributed by atoms with Gasteiger partial charge < -0.3 is 25.1 Å². The molecule has 7 nitrogen and oxygen atoms in total. The van der Waals surface area contributed by atoms with Gasteiger partial charge in [0.1, 0.15) is 5.82 Å². The fourth-order valence-corrected chi connectivity index (χ4v) is 2.36. The van der Waals surface area contributed by atoms with Crippen LogP contribution in [0.3, 0.4) is 0 Å². The van der Waals surface area contributed by atoms with E-state index in [1.165, 1.54) is 26.2 Å². The van der Waals surface area contributed by atoms with E-state index in [0.717, 1.165) is 0 Å². The molecule has 27 heavy (non-hydrogen) atoms. The van der Waals surface area contributed by atoms with Crippen molar-refractivity contribution in [2.45, 2.75) is 13.2 Å². The molecule has 8 heteroatoms. The highest BCUT2D eigenvalue weighted by molar-refractivity contribution is 5.64. The van der Waals surface area contributed by atoms with Crippen LogP contribution in [0, 0.1) is 5.82 Å². The smallest absolute Gasteiger partial charge is 0.266 e. The van der Waals surface area contributed by atoms with Crippen LogP contribution in [0.4, 0.5) is 10.2 Å². The average Bonchev–Trinajstić information content (AvgIpc) is 2.64. The predicted molar refractivity (Wildman–Crippen MR) is 97.2 cm³/mol. The Morgan fingerprint density at radius 3 is 2.37 bits per heavy atom. The third-order valence-corrected chi connectivity index (χ3v) is 3.54. The van der Waals surface area contributed by atoms with E-state index in [0.29, 0.717) is 11.5 Å². The lowest BCUT2D eigenvalue weighted by molar-refractivity contribution is -0.00520. The molecule has 1 atom stereocenters. The molecule has 1 aromatic heterocycles. The summed E-state index contributed by atoms with van der Waals surface area (Å²) in [6.07, 6.45) is -1.20. The van der Waals surface area contributed by atoms with Gasteiger partial charge in [0, 0.05) is 0 Å². The molecule has 0 spiro atoms. The number of aliphatic hydroxyl groups is 1. The van der Waals surface area contributed by atoms with Gasteiger partial charge in [0.25, 0.3) is 5.88 Å². The van der Waals surface area contributed by atoms with Crippen molar-refractivity contribution >= 4 is 5.82 Å². The zero-order valence-electron chi connectivity index (χ0n) is 14.7. The lowest BCUT2D eigenvalue weighted by Gasteiger charge is -2.17. The summed E-state index contributed by atoms with van der Waals surface area (Å²) in [7, 11) is 1.50. The number of hydrogen-bond acceptors (Lipinski definition) is 7. The Hall–Kier alpha value is -3.39. The lowest BCUT2D eigenvalue weighted by Crippen LogP contribution is -2.13. The van der Waals surface area contributed by atoms with Gasteiger partial charge >= 0.3 is 0 Å². The first-order valence-electron chi connectivity index (χ1n) is 8.07. The monoisotopic (exact) mass is 371 g/mol. The molecule has 0 aliphatic rings. The van der Waals surface area contributed by atoms with E-state index in [4.69, 9.17) is 19.9 Å². The van der Waals surface area contributed by atoms with E-state index in [1.54, 1.807) is 36.4 Å². The highest BCUT2D eigenvalue weighted by atomic mass is 19.1. The topological polar surface area (TPSA) is 99.7 Å². The highest BCUT2D eigenvalue weighted by Crippen LogP contribution is 2.40. The summed E-state index contributed by atoms with van der Waals surface area (Å²) in [5.41, 5.74) is 6.17. The minimum Gasteiger partial charge on any atom is -0.493 e. The lowest BCUT2D eigenvalue weighted by atomic mass is 10.2. The molecule has 1 heterocycles. The standard InChI is InChI=1S/C19H18FN3O4/c1-11(24)26-19-16(27-15-10-6-5-9-14(15)25-2)17(21)22-18(23-19)12-7-3-4-8-13(12)20/h3-11,24H,1-2H3,(H2,21,22,23). The number of nitrogen functional groups attached to an aromatic ring is 1. The fourth-order valence-electron chi connectivity index (χ4n) is 2.36. The Morgan fingerprint density at radius 1 is 1.04 bits per heavy atom. The number of anilines is 1. The number of rotatable bonds is 6. The molecule has 0 aliphatic carbocycles. The minimum atomic E-state index is -1.20. The van der Waals surface area contributed by atoms with Gasteiger partial charge in [-0.1, -0.05) is 24.3 Å². The molecule has 3 N–H and O–H groups in total. The molecule has 140 valence electrons. The molecule has 0 bridgehead atoms. The van der Waals surface area contributed by atoms with Crippen LogP contribution in [0.2, 0.25) is 0 Å². The number of ether oxygens (including phenoxy) is 3. The average molecular weight is 371 g/mol. The predicted octanol–water partition coefficient (Wildman–Crippen LogP) is 3.38. The summed E-state index contributed by atoms with van der Waals surface area (Å²) in [5, 5.41) is 9.63. The van der Waals surface area contributed by atoms with Crippen LogP contribution >= 0.6 is 0 Å². The zero-order valence-corrected chi connectivity index (χ0v) is 14.7. The van der Waals surface area contributed by atoms with Crippen LogP contribution in [-0.4, -0.2) is 28.5 Å². The number of aliphatic hydroxyl groups excluding tert-OH is 1. The SMILES string of the molecule is COc1ccccc1Oc1c(N)nc(-c2ccccc2F)nc1OC(C)O. The van der Waals surface area contributed by atoms with Crippen LogP contribution in [0.5, 0.6) is 23.1 Å². The molecule has 0 amide bonds. The summed E-state index contributed by atoms with van der Waals surface area (Å²) < 4.78 is 30.4. The normalized spacial score (nSPS) is 11.7. The van der Waals surface area contributed by atoms with Gasteiger partial charge in [-0.3, -0.25) is 0 Å². The molecular formula is C19H18FN3O4. The van der Waals surface area contributed by atoms with Crippen molar-refractivity contribution in [3.05, 3.63) is 54.3 Å². The van der Waals surface area contributed by atoms with Crippen molar-refractivity contribution < 1.29 is 23.7 Å². The van der Waals surface area contributed by atoms with E-state index in [1.807, 2.05) is 0 Å². The molecule has 0 radical (unpaired) electrons. The van der Waals surface area contributed by atoms with E-state index >= 15 is 0 Å². The molecule has 0 aliphatic heterocycles. The molecule has 3 rings (SSSR count). The number of halogens is 1. The number of hydrogen-bond donors (Lipinski definition) is 2. The second-order valence-electron chi connectivity index (χ2n) is 5.52. The molecular weight excluding hydrogens is 353 g/mol. The van der Waals surface area contributed by atoms with Gasteiger partial charge in [-0.15, -0.1) is 0 Å². The van der Waals surface area contributed by atoms with Gasteiger partial charge in [-0.25, -0.2) is 9.37 Å². The second kappa shape index (κ2) is 7.88. The summed E-state index contributed by atoms with van der Waals surface area (Å²) in [4.78, 5) is 8.30. The first-order chi connectivity index (χ1) is 13.0. The number of aromatic nitrogens is 2.